The average molecular weight is 247 g/mol. The summed E-state index contributed by atoms with van der Waals surface area (Å²) in [6.07, 6.45) is 0.485. The predicted molar refractivity (Wildman–Crippen MR) is 64.7 cm³/mol. The molecule has 0 bridgehead atoms. The van der Waals surface area contributed by atoms with E-state index in [0.29, 0.717) is 6.42 Å². The Labute approximate surface area is 105 Å². The van der Waals surface area contributed by atoms with Gasteiger partial charge in [0.05, 0.1) is 12.1 Å². The van der Waals surface area contributed by atoms with E-state index in [9.17, 15) is 9.59 Å². The summed E-state index contributed by atoms with van der Waals surface area (Å²) in [6, 6.07) is 7.25. The van der Waals surface area contributed by atoms with Crippen molar-refractivity contribution in [3.8, 4) is 0 Å². The maximum atomic E-state index is 12.0. The minimum Gasteiger partial charge on any atom is -0.377 e. The molecule has 2 unspecified atom stereocenters. The van der Waals surface area contributed by atoms with Crippen LogP contribution >= 0.6 is 0 Å². The highest BCUT2D eigenvalue weighted by Gasteiger charge is 2.32. The number of primary amides is 1. The minimum atomic E-state index is -0.541. The van der Waals surface area contributed by atoms with E-state index in [0.717, 1.165) is 11.1 Å². The third kappa shape index (κ3) is 2.42. The van der Waals surface area contributed by atoms with E-state index in [1.165, 1.54) is 7.11 Å². The number of nitrogens with one attached hydrogen (secondary N) is 1. The largest absolute Gasteiger partial charge is 0.377 e. The van der Waals surface area contributed by atoms with E-state index in [1.807, 2.05) is 6.07 Å². The summed E-state index contributed by atoms with van der Waals surface area (Å²) in [5, 5.41) is 2.98. The zero-order chi connectivity index (χ0) is 13.1. The molecule has 1 aromatic carbocycles. The molecule has 1 radical (unpaired) electrons. The number of ether oxygens (including phenoxy) is 1. The minimum absolute atomic E-state index is 0.00119. The lowest BCUT2D eigenvalue weighted by molar-refractivity contribution is -0.126. The Morgan fingerprint density at radius 1 is 1.61 bits per heavy atom. The fourth-order valence-electron chi connectivity index (χ4n) is 2.18. The van der Waals surface area contributed by atoms with Crippen LogP contribution in [0.5, 0.6) is 0 Å². The fraction of sp³-hybridized carbons (Fsp3) is 0.385. The third-order valence-electron chi connectivity index (χ3n) is 3.04. The fourth-order valence-corrected chi connectivity index (χ4v) is 2.18. The molecule has 5 nitrogen and oxygen atoms in total. The van der Waals surface area contributed by atoms with Gasteiger partial charge in [-0.3, -0.25) is 14.9 Å². The zero-order valence-electron chi connectivity index (χ0n) is 10.1. The van der Waals surface area contributed by atoms with Crippen molar-refractivity contribution in [1.29, 1.82) is 0 Å². The molecule has 1 aromatic rings. The van der Waals surface area contributed by atoms with E-state index < -0.39 is 18.0 Å². The first kappa shape index (κ1) is 12.7. The second-order valence-corrected chi connectivity index (χ2v) is 4.28. The Bertz CT molecular complexity index is 473. The lowest BCUT2D eigenvalue weighted by Gasteiger charge is -2.30. The van der Waals surface area contributed by atoms with Crippen molar-refractivity contribution < 1.29 is 14.3 Å². The highest BCUT2D eigenvalue weighted by Crippen LogP contribution is 2.25. The van der Waals surface area contributed by atoms with Gasteiger partial charge in [0.1, 0.15) is 6.61 Å². The summed E-state index contributed by atoms with van der Waals surface area (Å²) < 4.78 is 4.85. The molecule has 0 saturated heterocycles. The van der Waals surface area contributed by atoms with Gasteiger partial charge >= 0.3 is 0 Å². The Morgan fingerprint density at radius 2 is 2.39 bits per heavy atom. The van der Waals surface area contributed by atoms with E-state index >= 15 is 0 Å². The maximum Gasteiger partial charge on any atom is 0.234 e. The van der Waals surface area contributed by atoms with Crippen LogP contribution in [0.15, 0.2) is 18.2 Å². The number of carbonyl (C=O) groups excluding carboxylic acids is 2. The highest BCUT2D eigenvalue weighted by molar-refractivity contribution is 5.89. The average Bonchev–Trinajstić information content (AvgIpc) is 2.37. The van der Waals surface area contributed by atoms with Crippen LogP contribution < -0.4 is 11.1 Å². The van der Waals surface area contributed by atoms with Crippen molar-refractivity contribution in [3.05, 3.63) is 35.4 Å². The number of amides is 1. The molecule has 18 heavy (non-hydrogen) atoms. The first-order valence-corrected chi connectivity index (χ1v) is 5.69. The van der Waals surface area contributed by atoms with Crippen molar-refractivity contribution in [3.63, 3.8) is 0 Å². The van der Waals surface area contributed by atoms with Crippen LogP contribution in [0.25, 0.3) is 0 Å². The lowest BCUT2D eigenvalue weighted by Crippen LogP contribution is -2.50. The second kappa shape index (κ2) is 5.29. The Hall–Kier alpha value is -1.72. The van der Waals surface area contributed by atoms with Crippen LogP contribution in [-0.2, 0) is 20.7 Å². The van der Waals surface area contributed by atoms with Gasteiger partial charge in [0.15, 0.2) is 5.78 Å². The molecule has 0 aliphatic carbocycles. The van der Waals surface area contributed by atoms with Crippen molar-refractivity contribution >= 4 is 11.7 Å². The molecular weight excluding hydrogens is 232 g/mol. The molecule has 1 amide bonds. The van der Waals surface area contributed by atoms with Crippen LogP contribution in [0.2, 0.25) is 0 Å². The van der Waals surface area contributed by atoms with Gasteiger partial charge < -0.3 is 10.5 Å². The van der Waals surface area contributed by atoms with Gasteiger partial charge in [-0.25, -0.2) is 0 Å². The molecule has 1 aliphatic heterocycles. The van der Waals surface area contributed by atoms with Crippen molar-refractivity contribution in [1.82, 2.24) is 5.32 Å². The lowest BCUT2D eigenvalue weighted by atomic mass is 9.88. The molecule has 0 spiro atoms. The van der Waals surface area contributed by atoms with Crippen molar-refractivity contribution in [2.75, 3.05) is 13.7 Å². The third-order valence-corrected chi connectivity index (χ3v) is 3.04. The molecule has 3 N–H and O–H groups in total. The number of carbonyl (C=O) groups is 2. The summed E-state index contributed by atoms with van der Waals surface area (Å²) in [5.41, 5.74) is 7.10. The van der Waals surface area contributed by atoms with Gasteiger partial charge in [-0.05, 0) is 23.6 Å². The number of Topliss-reactive ketones (excluding diaryl/α,β-unsaturated/α-hetero) is 1. The van der Waals surface area contributed by atoms with Crippen LogP contribution in [0.3, 0.4) is 0 Å². The van der Waals surface area contributed by atoms with Crippen LogP contribution in [-0.4, -0.2) is 31.4 Å². The molecule has 5 heteroatoms. The summed E-state index contributed by atoms with van der Waals surface area (Å²) in [7, 11) is 1.46. The molecule has 0 aromatic heterocycles. The molecule has 1 heterocycles. The molecule has 1 aliphatic rings. The van der Waals surface area contributed by atoms with Gasteiger partial charge in [0.25, 0.3) is 0 Å². The maximum absolute atomic E-state index is 12.0. The summed E-state index contributed by atoms with van der Waals surface area (Å²) >= 11 is 0. The number of nitrogens with two attached hydrogens (primary N) is 1. The first-order chi connectivity index (χ1) is 8.63. The number of hydrogen-bond acceptors (Lipinski definition) is 4. The van der Waals surface area contributed by atoms with Crippen LogP contribution in [0.4, 0.5) is 0 Å². The quantitative estimate of drug-likeness (QED) is 0.768. The van der Waals surface area contributed by atoms with Gasteiger partial charge in [-0.1, -0.05) is 18.2 Å². The number of ketones is 1. The van der Waals surface area contributed by atoms with E-state index in [1.54, 1.807) is 12.1 Å². The topological polar surface area (TPSA) is 81.4 Å². The molecule has 0 fully saturated rings. The van der Waals surface area contributed by atoms with Crippen molar-refractivity contribution in [2.45, 2.75) is 18.5 Å². The molecule has 0 saturated carbocycles. The highest BCUT2D eigenvalue weighted by atomic mass is 16.5. The van der Waals surface area contributed by atoms with Crippen LogP contribution in [0.1, 0.15) is 17.2 Å². The Morgan fingerprint density at radius 3 is 3.06 bits per heavy atom. The number of benzene rings is 1. The summed E-state index contributed by atoms with van der Waals surface area (Å²) in [6.45, 7) is 0.00119. The summed E-state index contributed by atoms with van der Waals surface area (Å²) in [4.78, 5) is 23.3. The first-order valence-electron chi connectivity index (χ1n) is 5.69. The van der Waals surface area contributed by atoms with Gasteiger partial charge in [-0.15, -0.1) is 0 Å². The predicted octanol–water partition coefficient (Wildman–Crippen LogP) is -0.257. The Balaban J connectivity index is 2.33. The number of methoxy groups -OCH3 is 1. The van der Waals surface area contributed by atoms with Gasteiger partial charge in [0, 0.05) is 7.11 Å². The molecule has 2 rings (SSSR count). The number of hydrogen-bond donors (Lipinski definition) is 2. The molecule has 2 atom stereocenters. The Kier molecular flexibility index (Phi) is 3.74. The SMILES string of the molecule is COCC(=O)C1NC(C(N)=O)Cc2c[c]ccc21. The molecule has 95 valence electrons. The number of rotatable bonds is 4. The zero-order valence-corrected chi connectivity index (χ0v) is 10.1. The van der Waals surface area contributed by atoms with Crippen LogP contribution in [0, 0.1) is 6.07 Å². The van der Waals surface area contributed by atoms with Crippen molar-refractivity contribution in [2.24, 2.45) is 5.73 Å². The van der Waals surface area contributed by atoms with E-state index in [-0.39, 0.29) is 12.4 Å². The summed E-state index contributed by atoms with van der Waals surface area (Å²) in [5.74, 6) is -0.574. The molecular formula is C13H15N2O3. The van der Waals surface area contributed by atoms with E-state index in [2.05, 4.69) is 11.4 Å². The van der Waals surface area contributed by atoms with Gasteiger partial charge in [-0.2, -0.15) is 0 Å². The normalized spacial score (nSPS) is 22.3. The van der Waals surface area contributed by atoms with Gasteiger partial charge in [0.2, 0.25) is 5.91 Å². The number of fused-ring (bicyclic) bond motifs is 1. The second-order valence-electron chi connectivity index (χ2n) is 4.28. The standard InChI is InChI=1S/C13H15N2O3/c1-18-7-11(16)12-9-5-3-2-4-8(9)6-10(15-12)13(14)17/h3-5,10,12,15H,6-7H2,1H3,(H2,14,17). The smallest absolute Gasteiger partial charge is 0.234 e. The van der Waals surface area contributed by atoms with E-state index in [4.69, 9.17) is 10.5 Å². The monoisotopic (exact) mass is 247 g/mol.